The molecule has 20 heavy (non-hydrogen) atoms. The number of thiophene rings is 1. The maximum atomic E-state index is 11.9. The first-order valence-corrected chi connectivity index (χ1v) is 6.71. The van der Waals surface area contributed by atoms with Crippen molar-refractivity contribution < 1.29 is 4.79 Å². The molecular weight excluding hydrogens is 274 g/mol. The van der Waals surface area contributed by atoms with Crippen LogP contribution in [0.2, 0.25) is 0 Å². The fourth-order valence-electron chi connectivity index (χ4n) is 1.75. The minimum Gasteiger partial charge on any atom is -0.347 e. The summed E-state index contributed by atoms with van der Waals surface area (Å²) in [6.45, 7) is 1.86. The van der Waals surface area contributed by atoms with Crippen LogP contribution in [0.25, 0.3) is 0 Å². The number of hydrogen-bond acceptors (Lipinski definition) is 5. The lowest BCUT2D eigenvalue weighted by molar-refractivity contribution is -0.122. The van der Waals surface area contributed by atoms with Gasteiger partial charge >= 0.3 is 0 Å². The van der Waals surface area contributed by atoms with Crippen LogP contribution in [0.5, 0.6) is 0 Å². The van der Waals surface area contributed by atoms with Gasteiger partial charge < -0.3 is 9.88 Å². The van der Waals surface area contributed by atoms with Crippen molar-refractivity contribution >= 4 is 17.2 Å². The molecule has 1 atom stereocenters. The van der Waals surface area contributed by atoms with E-state index in [2.05, 4.69) is 10.3 Å². The molecule has 0 aliphatic rings. The number of nitrogens with one attached hydrogen (secondary N) is 1. The van der Waals surface area contributed by atoms with Gasteiger partial charge in [-0.1, -0.05) is 6.07 Å². The van der Waals surface area contributed by atoms with Gasteiger partial charge in [-0.25, -0.2) is 4.98 Å². The Morgan fingerprint density at radius 3 is 2.95 bits per heavy atom. The Labute approximate surface area is 119 Å². The second kappa shape index (κ2) is 6.00. The maximum Gasteiger partial charge on any atom is 0.240 e. The van der Waals surface area contributed by atoms with Gasteiger partial charge in [0.2, 0.25) is 5.91 Å². The average Bonchev–Trinajstić information content (AvgIpc) is 3.07. The Hall–Kier alpha value is -2.64. The summed E-state index contributed by atoms with van der Waals surface area (Å²) >= 11 is 1.57. The number of aromatic nitrogens is 2. The Bertz CT molecular complexity index is 689. The standard InChI is InChI=1S/C13H11N5OS/c1-9(12-3-2-4-20-12)17-13(19)7-18-8-16-10(5-14)11(18)6-15/h2-4,8-9H,7H2,1H3,(H,17,19)/t9-/m0/s1. The van der Waals surface area contributed by atoms with E-state index in [0.717, 1.165) is 4.88 Å². The minimum absolute atomic E-state index is 0.0339. The molecule has 7 heteroatoms. The molecule has 0 spiro atoms. The first-order chi connectivity index (χ1) is 9.65. The third-order valence-corrected chi connectivity index (χ3v) is 3.77. The lowest BCUT2D eigenvalue weighted by Crippen LogP contribution is -2.29. The third-order valence-electron chi connectivity index (χ3n) is 2.71. The zero-order valence-electron chi connectivity index (χ0n) is 10.7. The van der Waals surface area contributed by atoms with Gasteiger partial charge in [0.15, 0.2) is 11.4 Å². The lowest BCUT2D eigenvalue weighted by Gasteiger charge is -2.12. The van der Waals surface area contributed by atoms with E-state index in [1.165, 1.54) is 10.9 Å². The van der Waals surface area contributed by atoms with E-state index in [1.807, 2.05) is 36.6 Å². The van der Waals surface area contributed by atoms with E-state index < -0.39 is 0 Å². The predicted octanol–water partition coefficient (Wildman–Crippen LogP) is 1.57. The summed E-state index contributed by atoms with van der Waals surface area (Å²) in [5.41, 5.74) is 0.137. The van der Waals surface area contributed by atoms with Crippen molar-refractivity contribution in [3.05, 3.63) is 40.1 Å². The second-order valence-electron chi connectivity index (χ2n) is 4.10. The molecule has 0 fully saturated rings. The number of carbonyl (C=O) groups is 1. The first-order valence-electron chi connectivity index (χ1n) is 5.83. The molecule has 0 saturated heterocycles. The predicted molar refractivity (Wildman–Crippen MR) is 72.5 cm³/mol. The third kappa shape index (κ3) is 2.85. The summed E-state index contributed by atoms with van der Waals surface area (Å²) in [4.78, 5) is 16.8. The number of nitrogens with zero attached hydrogens (tertiary/aromatic N) is 4. The monoisotopic (exact) mass is 285 g/mol. The van der Waals surface area contributed by atoms with Crippen molar-refractivity contribution in [2.75, 3.05) is 0 Å². The quantitative estimate of drug-likeness (QED) is 0.922. The van der Waals surface area contributed by atoms with Crippen LogP contribution in [0.1, 0.15) is 29.2 Å². The van der Waals surface area contributed by atoms with Gasteiger partial charge in [0.05, 0.1) is 12.4 Å². The molecule has 0 unspecified atom stereocenters. The molecule has 2 rings (SSSR count). The number of amides is 1. The smallest absolute Gasteiger partial charge is 0.240 e. The van der Waals surface area contributed by atoms with Crippen LogP contribution in [-0.4, -0.2) is 15.5 Å². The largest absolute Gasteiger partial charge is 0.347 e. The molecule has 0 saturated carbocycles. The van der Waals surface area contributed by atoms with Crippen molar-refractivity contribution in [1.29, 1.82) is 10.5 Å². The summed E-state index contributed by atoms with van der Waals surface area (Å²) in [5.74, 6) is -0.232. The number of imidazole rings is 1. The van der Waals surface area contributed by atoms with E-state index in [1.54, 1.807) is 11.3 Å². The zero-order chi connectivity index (χ0) is 14.5. The molecular formula is C13H11N5OS. The van der Waals surface area contributed by atoms with E-state index in [9.17, 15) is 4.79 Å². The number of nitriles is 2. The molecule has 0 bridgehead atoms. The van der Waals surface area contributed by atoms with E-state index in [-0.39, 0.29) is 29.9 Å². The lowest BCUT2D eigenvalue weighted by atomic mass is 10.2. The molecule has 0 aromatic carbocycles. The number of carbonyl (C=O) groups excluding carboxylic acids is 1. The van der Waals surface area contributed by atoms with Crippen LogP contribution < -0.4 is 5.32 Å². The molecule has 0 aliphatic heterocycles. The van der Waals surface area contributed by atoms with Gasteiger partial charge in [-0.05, 0) is 18.4 Å². The van der Waals surface area contributed by atoms with Gasteiger partial charge in [-0.2, -0.15) is 10.5 Å². The van der Waals surface area contributed by atoms with Crippen LogP contribution in [0.3, 0.4) is 0 Å². The molecule has 0 radical (unpaired) electrons. The topological polar surface area (TPSA) is 94.5 Å². The van der Waals surface area contributed by atoms with Gasteiger partial charge in [-0.15, -0.1) is 11.3 Å². The summed E-state index contributed by atoms with van der Waals surface area (Å²) in [5, 5.41) is 22.5. The van der Waals surface area contributed by atoms with Crippen molar-refractivity contribution in [2.45, 2.75) is 19.5 Å². The molecule has 2 aromatic heterocycles. The van der Waals surface area contributed by atoms with Crippen LogP contribution in [0.15, 0.2) is 23.8 Å². The molecule has 2 aromatic rings. The summed E-state index contributed by atoms with van der Waals surface area (Å²) in [6, 6.07) is 7.48. The number of rotatable bonds is 4. The van der Waals surface area contributed by atoms with Crippen molar-refractivity contribution in [2.24, 2.45) is 0 Å². The van der Waals surface area contributed by atoms with Gasteiger partial charge in [0.1, 0.15) is 18.7 Å². The highest BCUT2D eigenvalue weighted by atomic mass is 32.1. The maximum absolute atomic E-state index is 11.9. The van der Waals surface area contributed by atoms with Crippen LogP contribution in [-0.2, 0) is 11.3 Å². The molecule has 1 N–H and O–H groups in total. The zero-order valence-corrected chi connectivity index (χ0v) is 11.5. The van der Waals surface area contributed by atoms with Crippen LogP contribution in [0, 0.1) is 22.7 Å². The SMILES string of the molecule is C[C@H](NC(=O)Cn1cnc(C#N)c1C#N)c1cccs1. The summed E-state index contributed by atoms with van der Waals surface area (Å²) < 4.78 is 1.37. The van der Waals surface area contributed by atoms with E-state index in [4.69, 9.17) is 10.5 Å². The van der Waals surface area contributed by atoms with Crippen molar-refractivity contribution in [1.82, 2.24) is 14.9 Å². The van der Waals surface area contributed by atoms with E-state index >= 15 is 0 Å². The fraction of sp³-hybridized carbons (Fsp3) is 0.231. The number of hydrogen-bond donors (Lipinski definition) is 1. The Morgan fingerprint density at radius 1 is 1.55 bits per heavy atom. The fourth-order valence-corrected chi connectivity index (χ4v) is 2.49. The molecule has 1 amide bonds. The van der Waals surface area contributed by atoms with Gasteiger partial charge in [0, 0.05) is 4.88 Å². The average molecular weight is 285 g/mol. The summed E-state index contributed by atoms with van der Waals surface area (Å²) in [6.07, 6.45) is 1.33. The highest BCUT2D eigenvalue weighted by molar-refractivity contribution is 7.10. The highest BCUT2D eigenvalue weighted by Gasteiger charge is 2.15. The van der Waals surface area contributed by atoms with Crippen LogP contribution >= 0.6 is 11.3 Å². The van der Waals surface area contributed by atoms with Crippen molar-refractivity contribution in [3.8, 4) is 12.1 Å². The normalized spacial score (nSPS) is 11.3. The Balaban J connectivity index is 2.04. The second-order valence-corrected chi connectivity index (χ2v) is 5.08. The summed E-state index contributed by atoms with van der Waals surface area (Å²) in [7, 11) is 0. The van der Waals surface area contributed by atoms with Crippen LogP contribution in [0.4, 0.5) is 0 Å². The molecule has 100 valence electrons. The minimum atomic E-state index is -0.232. The molecule has 6 nitrogen and oxygen atoms in total. The molecule has 2 heterocycles. The first kappa shape index (κ1) is 13.8. The van der Waals surface area contributed by atoms with Gasteiger partial charge in [-0.3, -0.25) is 4.79 Å². The Morgan fingerprint density at radius 2 is 2.35 bits per heavy atom. The molecule has 0 aliphatic carbocycles. The van der Waals surface area contributed by atoms with Crippen molar-refractivity contribution in [3.63, 3.8) is 0 Å². The van der Waals surface area contributed by atoms with E-state index in [0.29, 0.717) is 0 Å². The van der Waals surface area contributed by atoms with Gasteiger partial charge in [0.25, 0.3) is 0 Å². The Kier molecular flexibility index (Phi) is 4.14. The highest BCUT2D eigenvalue weighted by Crippen LogP contribution is 2.18.